The van der Waals surface area contributed by atoms with Gasteiger partial charge in [-0.05, 0) is 54.0 Å². The molecule has 0 unspecified atom stereocenters. The van der Waals surface area contributed by atoms with Crippen LogP contribution in [0.5, 0.6) is 0 Å². The number of hydrogen-bond acceptors (Lipinski definition) is 3. The first kappa shape index (κ1) is 22.2. The minimum absolute atomic E-state index is 0.0929. The molecule has 2 rings (SSSR count). The van der Waals surface area contributed by atoms with E-state index >= 15 is 0 Å². The highest BCUT2D eigenvalue weighted by molar-refractivity contribution is 6.34. The maximum Gasteiger partial charge on any atom is 0.328 e. The van der Waals surface area contributed by atoms with Gasteiger partial charge in [0.15, 0.2) is 5.78 Å². The Morgan fingerprint density at radius 3 is 2.32 bits per heavy atom. The molecule has 1 aliphatic carbocycles. The fraction of sp³-hybridized carbons (Fsp3) is 0.273. The highest BCUT2D eigenvalue weighted by atomic mass is 35.5. The summed E-state index contributed by atoms with van der Waals surface area (Å²) in [6, 6.07) is 5.05. The Bertz CT molecular complexity index is 902. The van der Waals surface area contributed by atoms with E-state index in [9.17, 15) is 14.7 Å². The first-order valence-electron chi connectivity index (χ1n) is 8.65. The minimum atomic E-state index is -1.46. The third kappa shape index (κ3) is 5.22. The zero-order valence-corrected chi connectivity index (χ0v) is 17.4. The van der Waals surface area contributed by atoms with Gasteiger partial charge in [-0.2, -0.15) is 0 Å². The summed E-state index contributed by atoms with van der Waals surface area (Å²) in [4.78, 5) is 23.0. The van der Waals surface area contributed by atoms with Crippen LogP contribution in [-0.2, 0) is 9.59 Å². The maximum absolute atomic E-state index is 12.2. The van der Waals surface area contributed by atoms with Gasteiger partial charge in [-0.3, -0.25) is 4.79 Å². The van der Waals surface area contributed by atoms with Crippen LogP contribution in [0.2, 0.25) is 10.0 Å². The first-order chi connectivity index (χ1) is 12.9. The quantitative estimate of drug-likeness (QED) is 0.503. The lowest BCUT2D eigenvalue weighted by Gasteiger charge is -2.44. The molecule has 1 aliphatic rings. The second-order valence-electron chi connectivity index (χ2n) is 7.49. The topological polar surface area (TPSA) is 74.6 Å². The van der Waals surface area contributed by atoms with Gasteiger partial charge in [-0.15, -0.1) is 0 Å². The Morgan fingerprint density at radius 2 is 1.75 bits per heavy atom. The maximum atomic E-state index is 12.2. The van der Waals surface area contributed by atoms with Gasteiger partial charge in [0.2, 0.25) is 0 Å². The normalized spacial score (nSPS) is 22.7. The summed E-state index contributed by atoms with van der Waals surface area (Å²) in [7, 11) is 0. The van der Waals surface area contributed by atoms with E-state index in [0.29, 0.717) is 21.2 Å². The summed E-state index contributed by atoms with van der Waals surface area (Å²) in [6.07, 6.45) is 9.08. The molecule has 2 N–H and O–H groups in total. The van der Waals surface area contributed by atoms with Crippen molar-refractivity contribution in [3.8, 4) is 0 Å². The van der Waals surface area contributed by atoms with Crippen molar-refractivity contribution in [1.82, 2.24) is 0 Å². The third-order valence-electron chi connectivity index (χ3n) is 4.68. The van der Waals surface area contributed by atoms with Gasteiger partial charge in [0, 0.05) is 28.0 Å². The Kier molecular flexibility index (Phi) is 6.71. The van der Waals surface area contributed by atoms with Crippen molar-refractivity contribution in [2.75, 3.05) is 0 Å². The van der Waals surface area contributed by atoms with E-state index in [0.717, 1.165) is 11.6 Å². The predicted molar refractivity (Wildman–Crippen MR) is 112 cm³/mol. The number of ketones is 1. The molecule has 0 heterocycles. The van der Waals surface area contributed by atoms with Crippen molar-refractivity contribution in [2.24, 2.45) is 5.41 Å². The van der Waals surface area contributed by atoms with Crippen LogP contribution in [0, 0.1) is 5.41 Å². The fourth-order valence-electron chi connectivity index (χ4n) is 3.14. The number of rotatable bonds is 5. The smallest absolute Gasteiger partial charge is 0.328 e. The number of aliphatic carboxylic acids is 1. The molecule has 1 atom stereocenters. The molecule has 0 spiro atoms. The molecule has 0 amide bonds. The standard InChI is InChI=1S/C22H22Cl2O4/c1-14(8-20(26)27)6-7-22(28)16(11-19(25)13-21(22,2)3)5-4-15-9-17(23)12-18(24)10-15/h4-12,28H,13H2,1-3H3,(H,26,27)/b5-4+,7-6+,14-8-/t22-/m1/s1. The number of aliphatic hydroxyl groups is 1. The molecular formula is C22H22Cl2O4. The summed E-state index contributed by atoms with van der Waals surface area (Å²) < 4.78 is 0. The Balaban J connectivity index is 2.48. The SMILES string of the molecule is CC(=C/C(=O)O)/C=C/[C@@]1(O)C(/C=C/c2cc(Cl)cc(Cl)c2)=CC(=O)CC1(C)C. The Morgan fingerprint density at radius 1 is 1.14 bits per heavy atom. The molecular weight excluding hydrogens is 399 g/mol. The highest BCUT2D eigenvalue weighted by Crippen LogP contribution is 2.45. The summed E-state index contributed by atoms with van der Waals surface area (Å²) in [5.74, 6) is -1.16. The molecule has 0 saturated carbocycles. The number of benzene rings is 1. The van der Waals surface area contributed by atoms with Gasteiger partial charge < -0.3 is 10.2 Å². The van der Waals surface area contributed by atoms with E-state index < -0.39 is 17.0 Å². The van der Waals surface area contributed by atoms with Crippen molar-refractivity contribution in [3.05, 3.63) is 75.3 Å². The molecule has 0 aromatic heterocycles. The van der Waals surface area contributed by atoms with Crippen LogP contribution in [0.25, 0.3) is 6.08 Å². The van der Waals surface area contributed by atoms with Crippen LogP contribution in [0.1, 0.15) is 32.8 Å². The van der Waals surface area contributed by atoms with Crippen molar-refractivity contribution >= 4 is 41.0 Å². The van der Waals surface area contributed by atoms with Crippen LogP contribution in [0.3, 0.4) is 0 Å². The summed E-state index contributed by atoms with van der Waals surface area (Å²) in [5.41, 5.74) is -0.650. The lowest BCUT2D eigenvalue weighted by atomic mass is 9.64. The number of carboxylic acid groups (broad SMARTS) is 1. The zero-order valence-electron chi connectivity index (χ0n) is 15.9. The van der Waals surface area contributed by atoms with E-state index in [-0.39, 0.29) is 12.2 Å². The van der Waals surface area contributed by atoms with Crippen molar-refractivity contribution in [3.63, 3.8) is 0 Å². The monoisotopic (exact) mass is 420 g/mol. The predicted octanol–water partition coefficient (Wildman–Crippen LogP) is 5.25. The molecule has 0 radical (unpaired) electrons. The highest BCUT2D eigenvalue weighted by Gasteiger charge is 2.47. The number of carboxylic acids is 1. The van der Waals surface area contributed by atoms with Crippen LogP contribution < -0.4 is 0 Å². The van der Waals surface area contributed by atoms with Gasteiger partial charge in [-0.25, -0.2) is 4.79 Å². The summed E-state index contributed by atoms with van der Waals surface area (Å²) in [5, 5.41) is 21.3. The average Bonchev–Trinajstić information content (AvgIpc) is 2.53. The number of halogens is 2. The lowest BCUT2D eigenvalue weighted by molar-refractivity contribution is -0.131. The van der Waals surface area contributed by atoms with E-state index in [4.69, 9.17) is 28.3 Å². The molecule has 0 aliphatic heterocycles. The number of hydrogen-bond donors (Lipinski definition) is 2. The molecule has 1 aromatic carbocycles. The number of carbonyl (C=O) groups is 2. The lowest BCUT2D eigenvalue weighted by Crippen LogP contribution is -2.48. The molecule has 6 heteroatoms. The molecule has 0 fully saturated rings. The van der Waals surface area contributed by atoms with Crippen molar-refractivity contribution in [2.45, 2.75) is 32.8 Å². The summed E-state index contributed by atoms with van der Waals surface area (Å²) in [6.45, 7) is 5.22. The Labute approximate surface area is 174 Å². The molecule has 148 valence electrons. The van der Waals surface area contributed by atoms with Crippen LogP contribution in [0.4, 0.5) is 0 Å². The molecule has 0 bridgehead atoms. The molecule has 28 heavy (non-hydrogen) atoms. The van der Waals surface area contributed by atoms with Gasteiger partial charge in [-0.1, -0.05) is 55.3 Å². The van der Waals surface area contributed by atoms with Gasteiger partial charge in [0.25, 0.3) is 0 Å². The van der Waals surface area contributed by atoms with Gasteiger partial charge in [0.05, 0.1) is 0 Å². The van der Waals surface area contributed by atoms with E-state index in [1.807, 2.05) is 0 Å². The van der Waals surface area contributed by atoms with Crippen molar-refractivity contribution < 1.29 is 19.8 Å². The van der Waals surface area contributed by atoms with Crippen molar-refractivity contribution in [1.29, 1.82) is 0 Å². The first-order valence-corrected chi connectivity index (χ1v) is 9.40. The fourth-order valence-corrected chi connectivity index (χ4v) is 3.69. The second-order valence-corrected chi connectivity index (χ2v) is 8.36. The van der Waals surface area contributed by atoms with Crippen LogP contribution >= 0.6 is 23.2 Å². The van der Waals surface area contributed by atoms with E-state index in [1.54, 1.807) is 57.2 Å². The van der Waals surface area contributed by atoms with Gasteiger partial charge in [0.1, 0.15) is 5.60 Å². The molecule has 0 saturated heterocycles. The van der Waals surface area contributed by atoms with Crippen LogP contribution in [0.15, 0.2) is 59.7 Å². The largest absolute Gasteiger partial charge is 0.478 e. The summed E-state index contributed by atoms with van der Waals surface area (Å²) >= 11 is 12.0. The molecule has 1 aromatic rings. The minimum Gasteiger partial charge on any atom is -0.478 e. The van der Waals surface area contributed by atoms with E-state index in [1.165, 1.54) is 12.2 Å². The number of carbonyl (C=O) groups excluding carboxylic acids is 1. The number of allylic oxidation sites excluding steroid dienone is 3. The second kappa shape index (κ2) is 8.48. The average molecular weight is 421 g/mol. The Hall–Kier alpha value is -2.14. The third-order valence-corrected chi connectivity index (χ3v) is 5.12. The van der Waals surface area contributed by atoms with Gasteiger partial charge >= 0.3 is 5.97 Å². The molecule has 4 nitrogen and oxygen atoms in total. The van der Waals surface area contributed by atoms with E-state index in [2.05, 4.69) is 0 Å². The zero-order chi connectivity index (χ0) is 21.1. The van der Waals surface area contributed by atoms with Crippen LogP contribution in [-0.4, -0.2) is 27.6 Å².